The van der Waals surface area contributed by atoms with Gasteiger partial charge in [-0.3, -0.25) is 4.79 Å². The van der Waals surface area contributed by atoms with Crippen LogP contribution in [0.4, 0.5) is 0 Å². The Kier molecular flexibility index (Phi) is 9.37. The SMILES string of the molecule is COc1ccc(CCCCCCSC[C@](O)(CC(=O)O)C(=O)O)cc1. The molecule has 1 aromatic rings. The number of hydrogen-bond donors (Lipinski definition) is 3. The van der Waals surface area contributed by atoms with E-state index in [9.17, 15) is 14.7 Å². The highest BCUT2D eigenvalue weighted by molar-refractivity contribution is 7.99. The molecule has 1 rings (SSSR count). The number of aryl methyl sites for hydroxylation is 1. The minimum atomic E-state index is -2.19. The lowest BCUT2D eigenvalue weighted by Crippen LogP contribution is -2.43. The summed E-state index contributed by atoms with van der Waals surface area (Å²) < 4.78 is 5.12. The zero-order valence-corrected chi connectivity index (χ0v) is 15.3. The minimum Gasteiger partial charge on any atom is -0.497 e. The molecule has 0 unspecified atom stereocenters. The van der Waals surface area contributed by atoms with Gasteiger partial charge in [0.2, 0.25) is 0 Å². The lowest BCUT2D eigenvalue weighted by molar-refractivity contribution is -0.162. The van der Waals surface area contributed by atoms with E-state index < -0.39 is 24.0 Å². The van der Waals surface area contributed by atoms with Gasteiger partial charge in [-0.25, -0.2) is 4.79 Å². The number of carboxylic acid groups (broad SMARTS) is 2. The van der Waals surface area contributed by atoms with E-state index in [-0.39, 0.29) is 5.75 Å². The fraction of sp³-hybridized carbons (Fsp3) is 0.556. The number of thioether (sulfide) groups is 1. The molecule has 0 saturated heterocycles. The summed E-state index contributed by atoms with van der Waals surface area (Å²) >= 11 is 1.28. The number of aliphatic hydroxyl groups is 1. The van der Waals surface area contributed by atoms with Crippen molar-refractivity contribution in [3.63, 3.8) is 0 Å². The van der Waals surface area contributed by atoms with E-state index in [1.54, 1.807) is 7.11 Å². The van der Waals surface area contributed by atoms with Gasteiger partial charge in [0.1, 0.15) is 5.75 Å². The Labute approximate surface area is 152 Å². The quantitative estimate of drug-likeness (QED) is 0.459. The predicted molar refractivity (Wildman–Crippen MR) is 97.3 cm³/mol. The molecular weight excluding hydrogens is 344 g/mol. The van der Waals surface area contributed by atoms with Gasteiger partial charge in [0.25, 0.3) is 0 Å². The van der Waals surface area contributed by atoms with Gasteiger partial charge in [-0.05, 0) is 42.7 Å². The van der Waals surface area contributed by atoms with Gasteiger partial charge < -0.3 is 20.1 Å². The van der Waals surface area contributed by atoms with E-state index in [1.165, 1.54) is 17.3 Å². The summed E-state index contributed by atoms with van der Waals surface area (Å²) in [6.07, 6.45) is 4.31. The van der Waals surface area contributed by atoms with E-state index in [1.807, 2.05) is 12.1 Å². The molecule has 6 nitrogen and oxygen atoms in total. The number of rotatable bonds is 13. The van der Waals surface area contributed by atoms with Crippen LogP contribution in [0.25, 0.3) is 0 Å². The summed E-state index contributed by atoms with van der Waals surface area (Å²) in [4.78, 5) is 21.6. The Morgan fingerprint density at radius 3 is 2.28 bits per heavy atom. The molecule has 0 aliphatic carbocycles. The molecule has 3 N–H and O–H groups in total. The lowest BCUT2D eigenvalue weighted by Gasteiger charge is -2.20. The fourth-order valence-electron chi connectivity index (χ4n) is 2.36. The molecule has 0 amide bonds. The van der Waals surface area contributed by atoms with Crippen molar-refractivity contribution in [2.75, 3.05) is 18.6 Å². The Bertz CT molecular complexity index is 545. The van der Waals surface area contributed by atoms with Gasteiger partial charge in [0, 0.05) is 5.75 Å². The van der Waals surface area contributed by atoms with Gasteiger partial charge >= 0.3 is 11.9 Å². The average Bonchev–Trinajstić information content (AvgIpc) is 2.57. The predicted octanol–water partition coefficient (Wildman–Crippen LogP) is 2.82. The Hall–Kier alpha value is -1.73. The number of unbranched alkanes of at least 4 members (excludes halogenated alkanes) is 3. The monoisotopic (exact) mass is 370 g/mol. The van der Waals surface area contributed by atoms with Crippen LogP contribution in [0.15, 0.2) is 24.3 Å². The lowest BCUT2D eigenvalue weighted by atomic mass is 10.0. The van der Waals surface area contributed by atoms with Crippen LogP contribution in [0.2, 0.25) is 0 Å². The normalized spacial score (nSPS) is 13.2. The summed E-state index contributed by atoms with van der Waals surface area (Å²) in [6.45, 7) is 0. The standard InChI is InChI=1S/C18H26O6S/c1-24-15-9-7-14(8-10-15)6-4-2-3-5-11-25-13-18(23,17(21)22)12-16(19)20/h7-10,23H,2-6,11-13H2,1H3,(H,19,20)(H,21,22)/t18-/m1/s1. The van der Waals surface area contributed by atoms with Gasteiger partial charge in [0.05, 0.1) is 13.5 Å². The van der Waals surface area contributed by atoms with Crippen LogP contribution in [0.3, 0.4) is 0 Å². The third kappa shape index (κ3) is 8.27. The summed E-state index contributed by atoms with van der Waals surface area (Å²) in [7, 11) is 1.64. The molecule has 0 radical (unpaired) electrons. The van der Waals surface area contributed by atoms with Crippen LogP contribution in [-0.4, -0.2) is 51.5 Å². The van der Waals surface area contributed by atoms with Crippen molar-refractivity contribution in [2.24, 2.45) is 0 Å². The first-order valence-corrected chi connectivity index (χ1v) is 9.41. The number of carbonyl (C=O) groups is 2. The number of methoxy groups -OCH3 is 1. The Morgan fingerprint density at radius 2 is 1.72 bits per heavy atom. The number of hydrogen-bond acceptors (Lipinski definition) is 5. The molecule has 0 aliphatic heterocycles. The van der Waals surface area contributed by atoms with Crippen LogP contribution >= 0.6 is 11.8 Å². The molecule has 0 fully saturated rings. The zero-order chi connectivity index (χ0) is 18.7. The minimum absolute atomic E-state index is 0.111. The maximum Gasteiger partial charge on any atom is 0.337 e. The van der Waals surface area contributed by atoms with Crippen molar-refractivity contribution in [3.05, 3.63) is 29.8 Å². The van der Waals surface area contributed by atoms with Gasteiger partial charge in [-0.1, -0.05) is 25.0 Å². The van der Waals surface area contributed by atoms with Gasteiger partial charge in [-0.2, -0.15) is 11.8 Å². The summed E-state index contributed by atoms with van der Waals surface area (Å²) in [5.74, 6) is -1.35. The number of aliphatic carboxylic acids is 2. The second kappa shape index (κ2) is 11.0. The molecule has 0 heterocycles. The summed E-state index contributed by atoms with van der Waals surface area (Å²) in [5.41, 5.74) is -0.916. The zero-order valence-electron chi connectivity index (χ0n) is 14.4. The molecule has 0 spiro atoms. The second-order valence-electron chi connectivity index (χ2n) is 5.97. The molecule has 140 valence electrons. The molecular formula is C18H26O6S. The maximum absolute atomic E-state index is 11.0. The van der Waals surface area contributed by atoms with Crippen LogP contribution in [0, 0.1) is 0 Å². The van der Waals surface area contributed by atoms with E-state index in [0.717, 1.165) is 37.9 Å². The van der Waals surface area contributed by atoms with Crippen LogP contribution in [0.1, 0.15) is 37.7 Å². The number of benzene rings is 1. The highest BCUT2D eigenvalue weighted by Gasteiger charge is 2.38. The van der Waals surface area contributed by atoms with Crippen molar-refractivity contribution >= 4 is 23.7 Å². The fourth-order valence-corrected chi connectivity index (χ4v) is 3.47. The first-order valence-electron chi connectivity index (χ1n) is 8.25. The van der Waals surface area contributed by atoms with Crippen LogP contribution in [-0.2, 0) is 16.0 Å². The highest BCUT2D eigenvalue weighted by atomic mass is 32.2. The first-order chi connectivity index (χ1) is 11.9. The molecule has 0 saturated carbocycles. The van der Waals surface area contributed by atoms with Gasteiger partial charge in [0.15, 0.2) is 5.60 Å². The number of carboxylic acids is 2. The topological polar surface area (TPSA) is 104 Å². The van der Waals surface area contributed by atoms with E-state index in [2.05, 4.69) is 12.1 Å². The number of ether oxygens (including phenoxy) is 1. The van der Waals surface area contributed by atoms with E-state index in [4.69, 9.17) is 14.9 Å². The van der Waals surface area contributed by atoms with E-state index >= 15 is 0 Å². The molecule has 25 heavy (non-hydrogen) atoms. The van der Waals surface area contributed by atoms with Crippen molar-refractivity contribution in [2.45, 2.75) is 44.1 Å². The summed E-state index contributed by atoms with van der Waals surface area (Å²) in [5, 5.41) is 27.5. The first kappa shape index (κ1) is 21.3. The molecule has 0 bridgehead atoms. The van der Waals surface area contributed by atoms with Crippen molar-refractivity contribution < 1.29 is 29.6 Å². The largest absolute Gasteiger partial charge is 0.497 e. The molecule has 7 heteroatoms. The third-order valence-corrected chi connectivity index (χ3v) is 5.10. The Morgan fingerprint density at radius 1 is 1.08 bits per heavy atom. The van der Waals surface area contributed by atoms with Crippen molar-refractivity contribution in [1.29, 1.82) is 0 Å². The van der Waals surface area contributed by atoms with Crippen molar-refractivity contribution in [1.82, 2.24) is 0 Å². The van der Waals surface area contributed by atoms with E-state index in [0.29, 0.717) is 5.75 Å². The van der Waals surface area contributed by atoms with Crippen molar-refractivity contribution in [3.8, 4) is 5.75 Å². The average molecular weight is 370 g/mol. The van der Waals surface area contributed by atoms with Crippen LogP contribution < -0.4 is 4.74 Å². The molecule has 1 aromatic carbocycles. The molecule has 1 atom stereocenters. The van der Waals surface area contributed by atoms with Crippen LogP contribution in [0.5, 0.6) is 5.75 Å². The highest BCUT2D eigenvalue weighted by Crippen LogP contribution is 2.20. The Balaban J connectivity index is 2.13. The maximum atomic E-state index is 11.0. The van der Waals surface area contributed by atoms with Gasteiger partial charge in [-0.15, -0.1) is 0 Å². The molecule has 0 aromatic heterocycles. The third-order valence-electron chi connectivity index (χ3n) is 3.85. The second-order valence-corrected chi connectivity index (χ2v) is 7.08. The summed E-state index contributed by atoms with van der Waals surface area (Å²) in [6, 6.07) is 8.02. The smallest absolute Gasteiger partial charge is 0.337 e. The molecule has 0 aliphatic rings.